The fourth-order valence-corrected chi connectivity index (χ4v) is 3.40. The molecule has 3 aromatic carbocycles. The van der Waals surface area contributed by atoms with E-state index in [9.17, 15) is 4.79 Å². The maximum absolute atomic E-state index is 12.9. The van der Waals surface area contributed by atoms with Crippen molar-refractivity contribution in [1.82, 2.24) is 4.57 Å². The van der Waals surface area contributed by atoms with Crippen molar-refractivity contribution in [1.29, 1.82) is 0 Å². The molecule has 0 amide bonds. The van der Waals surface area contributed by atoms with Gasteiger partial charge in [0.1, 0.15) is 5.49 Å². The van der Waals surface area contributed by atoms with Crippen LogP contribution in [0.4, 0.5) is 5.69 Å². The maximum Gasteiger partial charge on any atom is 0.260 e. The van der Waals surface area contributed by atoms with Crippen LogP contribution >= 0.6 is 0 Å². The third-order valence-corrected chi connectivity index (χ3v) is 4.42. The third-order valence-electron chi connectivity index (χ3n) is 4.42. The Morgan fingerprint density at radius 2 is 1.64 bits per heavy atom. The molecule has 3 nitrogen and oxygen atoms in total. The fraction of sp³-hybridized carbons (Fsp3) is 0.0526. The van der Waals surface area contributed by atoms with Gasteiger partial charge in [0, 0.05) is 16.2 Å². The topological polar surface area (TPSA) is 34.4 Å². The van der Waals surface area contributed by atoms with Gasteiger partial charge in [0.05, 0.1) is 12.2 Å². The first kappa shape index (κ1) is 11.7. The number of hydrogen-bond acceptors (Lipinski definition) is 2. The van der Waals surface area contributed by atoms with Crippen LogP contribution in [0.15, 0.2) is 70.5 Å². The number of aromatic nitrogens is 1. The molecule has 5 rings (SSSR count). The van der Waals surface area contributed by atoms with Crippen LogP contribution in [-0.4, -0.2) is 4.57 Å². The predicted octanol–water partition coefficient (Wildman–Crippen LogP) is 3.19. The fourth-order valence-electron chi connectivity index (χ4n) is 3.40. The average Bonchev–Trinajstić information content (AvgIpc) is 2.58. The van der Waals surface area contributed by atoms with Gasteiger partial charge in [-0.25, -0.2) is 4.99 Å². The molecule has 0 spiro atoms. The molecule has 1 aromatic heterocycles. The maximum atomic E-state index is 12.9. The summed E-state index contributed by atoms with van der Waals surface area (Å²) in [5.41, 5.74) is 2.86. The molecule has 0 unspecified atom stereocenters. The van der Waals surface area contributed by atoms with Gasteiger partial charge in [-0.05, 0) is 23.1 Å². The first-order chi connectivity index (χ1) is 10.8. The Hall–Kier alpha value is -2.94. The van der Waals surface area contributed by atoms with Gasteiger partial charge < -0.3 is 0 Å². The lowest BCUT2D eigenvalue weighted by Gasteiger charge is -2.17. The molecule has 0 saturated carbocycles. The van der Waals surface area contributed by atoms with Crippen LogP contribution < -0.4 is 11.0 Å². The van der Waals surface area contributed by atoms with Crippen LogP contribution in [0.1, 0.15) is 5.56 Å². The van der Waals surface area contributed by atoms with E-state index in [1.165, 1.54) is 0 Å². The molecule has 0 saturated heterocycles. The molecule has 0 fully saturated rings. The van der Waals surface area contributed by atoms with Crippen molar-refractivity contribution in [2.75, 3.05) is 0 Å². The third kappa shape index (κ3) is 1.40. The Balaban J connectivity index is 2.09. The van der Waals surface area contributed by atoms with E-state index in [4.69, 9.17) is 4.99 Å². The van der Waals surface area contributed by atoms with Gasteiger partial charge in [-0.2, -0.15) is 0 Å². The number of rotatable bonds is 0. The van der Waals surface area contributed by atoms with Crippen LogP contribution in [0.3, 0.4) is 0 Å². The van der Waals surface area contributed by atoms with E-state index in [-0.39, 0.29) is 5.56 Å². The first-order valence-corrected chi connectivity index (χ1v) is 7.33. The number of benzene rings is 3. The standard InChI is InChI=1S/C19H12N2O/c22-19-15-9-4-7-12-6-3-8-14(17(12)15)18-20-16-10-2-1-5-13(16)11-21(18)19/h1-10H,11H2. The Bertz CT molecular complexity index is 1170. The summed E-state index contributed by atoms with van der Waals surface area (Å²) in [7, 11) is 0. The lowest BCUT2D eigenvalue weighted by atomic mass is 10.0. The van der Waals surface area contributed by atoms with Crippen molar-refractivity contribution in [3.63, 3.8) is 0 Å². The van der Waals surface area contributed by atoms with Crippen molar-refractivity contribution in [2.45, 2.75) is 6.54 Å². The van der Waals surface area contributed by atoms with Gasteiger partial charge >= 0.3 is 0 Å². The van der Waals surface area contributed by atoms with E-state index >= 15 is 0 Å². The molecule has 0 atom stereocenters. The van der Waals surface area contributed by atoms with Gasteiger partial charge in [-0.3, -0.25) is 9.36 Å². The van der Waals surface area contributed by atoms with E-state index in [2.05, 4.69) is 6.07 Å². The summed E-state index contributed by atoms with van der Waals surface area (Å²) in [6, 6.07) is 20.0. The van der Waals surface area contributed by atoms with Gasteiger partial charge in [-0.1, -0.05) is 48.5 Å². The summed E-state index contributed by atoms with van der Waals surface area (Å²) in [6.07, 6.45) is 0. The SMILES string of the molecule is O=c1c2cccc3cccc(c4n1Cc1ccccc1N=4)c32. The molecule has 2 heterocycles. The molecule has 4 aromatic rings. The highest BCUT2D eigenvalue weighted by molar-refractivity contribution is 6.09. The molecule has 1 aliphatic rings. The molecule has 0 radical (unpaired) electrons. The summed E-state index contributed by atoms with van der Waals surface area (Å²) in [5, 5.41) is 3.92. The quantitative estimate of drug-likeness (QED) is 0.430. The number of pyridine rings is 1. The minimum Gasteiger partial charge on any atom is -0.288 e. The molecular formula is C19H12N2O. The van der Waals surface area contributed by atoms with E-state index in [0.29, 0.717) is 6.54 Å². The average molecular weight is 284 g/mol. The lowest BCUT2D eigenvalue weighted by molar-refractivity contribution is 0.711. The van der Waals surface area contributed by atoms with Crippen LogP contribution in [-0.2, 0) is 6.54 Å². The molecule has 1 aliphatic heterocycles. The zero-order valence-electron chi connectivity index (χ0n) is 11.8. The smallest absolute Gasteiger partial charge is 0.260 e. The summed E-state index contributed by atoms with van der Waals surface area (Å²) in [4.78, 5) is 17.7. The van der Waals surface area contributed by atoms with E-state index in [1.54, 1.807) is 4.57 Å². The Morgan fingerprint density at radius 3 is 2.50 bits per heavy atom. The van der Waals surface area contributed by atoms with Crippen molar-refractivity contribution in [3.8, 4) is 0 Å². The summed E-state index contributed by atoms with van der Waals surface area (Å²) < 4.78 is 1.79. The first-order valence-electron chi connectivity index (χ1n) is 7.33. The highest BCUT2D eigenvalue weighted by Crippen LogP contribution is 2.26. The largest absolute Gasteiger partial charge is 0.288 e. The molecule has 0 N–H and O–H groups in total. The van der Waals surface area contributed by atoms with Crippen LogP contribution in [0.5, 0.6) is 0 Å². The molecule has 0 bridgehead atoms. The molecule has 3 heteroatoms. The normalized spacial score (nSPS) is 12.9. The monoisotopic (exact) mass is 284 g/mol. The summed E-state index contributed by atoms with van der Waals surface area (Å²) in [6.45, 7) is 0.582. The van der Waals surface area contributed by atoms with Crippen LogP contribution in [0.25, 0.3) is 21.5 Å². The number of fused-ring (bicyclic) bond motifs is 3. The Kier molecular flexibility index (Phi) is 2.15. The zero-order valence-corrected chi connectivity index (χ0v) is 11.8. The molecule has 22 heavy (non-hydrogen) atoms. The van der Waals surface area contributed by atoms with Gasteiger partial charge in [0.15, 0.2) is 0 Å². The summed E-state index contributed by atoms with van der Waals surface area (Å²) in [5.74, 6) is 0. The van der Waals surface area contributed by atoms with Gasteiger partial charge in [0.2, 0.25) is 0 Å². The number of nitrogens with zero attached hydrogens (tertiary/aromatic N) is 2. The second-order valence-electron chi connectivity index (χ2n) is 5.66. The number of hydrogen-bond donors (Lipinski definition) is 0. The number of para-hydroxylation sites is 1. The minimum absolute atomic E-state index is 0.0394. The molecular weight excluding hydrogens is 272 g/mol. The lowest BCUT2D eigenvalue weighted by Crippen LogP contribution is -2.36. The Morgan fingerprint density at radius 1 is 0.864 bits per heavy atom. The van der Waals surface area contributed by atoms with Crippen molar-refractivity contribution in [3.05, 3.63) is 82.1 Å². The van der Waals surface area contributed by atoms with Gasteiger partial charge in [-0.15, -0.1) is 0 Å². The second kappa shape index (κ2) is 4.04. The van der Waals surface area contributed by atoms with E-state index < -0.39 is 0 Å². The zero-order chi connectivity index (χ0) is 14.7. The Labute approximate surface area is 126 Å². The predicted molar refractivity (Wildman–Crippen MR) is 87.7 cm³/mol. The van der Waals surface area contributed by atoms with E-state index in [1.807, 2.05) is 54.6 Å². The highest BCUT2D eigenvalue weighted by atomic mass is 16.1. The van der Waals surface area contributed by atoms with E-state index in [0.717, 1.165) is 38.3 Å². The second-order valence-corrected chi connectivity index (χ2v) is 5.66. The highest BCUT2D eigenvalue weighted by Gasteiger charge is 2.16. The van der Waals surface area contributed by atoms with Crippen molar-refractivity contribution < 1.29 is 0 Å². The summed E-state index contributed by atoms with van der Waals surface area (Å²) >= 11 is 0. The van der Waals surface area contributed by atoms with Crippen LogP contribution in [0, 0.1) is 0 Å². The molecule has 104 valence electrons. The molecule has 0 aliphatic carbocycles. The van der Waals surface area contributed by atoms with Gasteiger partial charge in [0.25, 0.3) is 5.56 Å². The van der Waals surface area contributed by atoms with Crippen LogP contribution in [0.2, 0.25) is 0 Å². The van der Waals surface area contributed by atoms with Crippen molar-refractivity contribution in [2.24, 2.45) is 4.99 Å². The minimum atomic E-state index is 0.0394. The van der Waals surface area contributed by atoms with Crippen molar-refractivity contribution >= 4 is 27.2 Å².